The second-order valence-electron chi connectivity index (χ2n) is 5.30. The van der Waals surface area contributed by atoms with Gasteiger partial charge < -0.3 is 10.7 Å². The van der Waals surface area contributed by atoms with Crippen LogP contribution in [-0.4, -0.2) is 22.4 Å². The van der Waals surface area contributed by atoms with Crippen LogP contribution in [0, 0.1) is 5.92 Å². The van der Waals surface area contributed by atoms with E-state index in [4.69, 9.17) is 5.84 Å². The number of rotatable bonds is 5. The van der Waals surface area contributed by atoms with Gasteiger partial charge in [0.05, 0.1) is 11.9 Å². The number of nitrogens with two attached hydrogens (primary N) is 1. The number of hydrogen-bond donors (Lipinski definition) is 3. The summed E-state index contributed by atoms with van der Waals surface area (Å²) in [6.07, 6.45) is 5.22. The van der Waals surface area contributed by atoms with Gasteiger partial charge in [-0.05, 0) is 18.8 Å². The first-order valence-corrected chi connectivity index (χ1v) is 6.73. The van der Waals surface area contributed by atoms with Crippen LogP contribution in [0.3, 0.4) is 0 Å². The van der Waals surface area contributed by atoms with Crippen molar-refractivity contribution < 1.29 is 4.79 Å². The highest BCUT2D eigenvalue weighted by Crippen LogP contribution is 2.25. The SMILES string of the molecule is CC(C)c1ncc(NN)c(C(=O)NCC2CCC2)n1. The third-order valence-electron chi connectivity index (χ3n) is 3.47. The Bertz CT molecular complexity index is 456. The fourth-order valence-electron chi connectivity index (χ4n) is 1.97. The molecule has 6 heteroatoms. The van der Waals surface area contributed by atoms with Crippen LogP contribution in [0.1, 0.15) is 55.3 Å². The molecular weight excluding hydrogens is 242 g/mol. The first-order chi connectivity index (χ1) is 9.11. The molecule has 2 rings (SSSR count). The monoisotopic (exact) mass is 263 g/mol. The van der Waals surface area contributed by atoms with Gasteiger partial charge in [-0.2, -0.15) is 0 Å². The lowest BCUT2D eigenvalue weighted by Crippen LogP contribution is -2.33. The van der Waals surface area contributed by atoms with Gasteiger partial charge in [0.1, 0.15) is 5.82 Å². The Hall–Kier alpha value is -1.69. The summed E-state index contributed by atoms with van der Waals surface area (Å²) in [6, 6.07) is 0. The summed E-state index contributed by atoms with van der Waals surface area (Å²) >= 11 is 0. The minimum atomic E-state index is -0.191. The van der Waals surface area contributed by atoms with Crippen molar-refractivity contribution in [1.29, 1.82) is 0 Å². The van der Waals surface area contributed by atoms with Gasteiger partial charge in [0.2, 0.25) is 0 Å². The maximum Gasteiger partial charge on any atom is 0.272 e. The third kappa shape index (κ3) is 3.20. The number of amides is 1. The third-order valence-corrected chi connectivity index (χ3v) is 3.47. The Morgan fingerprint density at radius 2 is 2.26 bits per heavy atom. The number of anilines is 1. The summed E-state index contributed by atoms with van der Waals surface area (Å²) in [4.78, 5) is 20.6. The Morgan fingerprint density at radius 1 is 1.53 bits per heavy atom. The van der Waals surface area contributed by atoms with Crippen molar-refractivity contribution in [2.75, 3.05) is 12.0 Å². The summed E-state index contributed by atoms with van der Waals surface area (Å²) in [5.74, 6) is 6.64. The van der Waals surface area contributed by atoms with Crippen LogP contribution in [0.5, 0.6) is 0 Å². The standard InChI is InChI=1S/C13H21N5O/c1-8(2)12-15-7-10(18-14)11(17-12)13(19)16-6-9-4-3-5-9/h7-9,18H,3-6,14H2,1-2H3,(H,16,19). The van der Waals surface area contributed by atoms with Crippen molar-refractivity contribution in [3.05, 3.63) is 17.7 Å². The minimum Gasteiger partial charge on any atom is -0.350 e. The molecule has 0 atom stereocenters. The van der Waals surface area contributed by atoms with Crippen LogP contribution >= 0.6 is 0 Å². The predicted octanol–water partition coefficient (Wildman–Crippen LogP) is 1.42. The van der Waals surface area contributed by atoms with E-state index in [2.05, 4.69) is 20.7 Å². The molecule has 1 aliphatic carbocycles. The maximum absolute atomic E-state index is 12.1. The lowest BCUT2D eigenvalue weighted by atomic mass is 9.85. The molecule has 0 saturated heterocycles. The zero-order chi connectivity index (χ0) is 13.8. The maximum atomic E-state index is 12.1. The van der Waals surface area contributed by atoms with Crippen molar-refractivity contribution >= 4 is 11.6 Å². The number of carbonyl (C=O) groups excluding carboxylic acids is 1. The second-order valence-corrected chi connectivity index (χ2v) is 5.30. The molecule has 0 aliphatic heterocycles. The fourth-order valence-corrected chi connectivity index (χ4v) is 1.97. The van der Waals surface area contributed by atoms with Crippen molar-refractivity contribution in [2.24, 2.45) is 11.8 Å². The molecule has 104 valence electrons. The van der Waals surface area contributed by atoms with Gasteiger partial charge in [-0.3, -0.25) is 10.6 Å². The van der Waals surface area contributed by atoms with Crippen molar-refractivity contribution in [3.8, 4) is 0 Å². The summed E-state index contributed by atoms with van der Waals surface area (Å²) in [5.41, 5.74) is 3.25. The van der Waals surface area contributed by atoms with E-state index in [-0.39, 0.29) is 11.8 Å². The first kappa shape index (κ1) is 13.7. The zero-order valence-electron chi connectivity index (χ0n) is 11.4. The Kier molecular flexibility index (Phi) is 4.31. The molecule has 1 amide bonds. The molecule has 0 radical (unpaired) electrons. The van der Waals surface area contributed by atoms with E-state index in [1.165, 1.54) is 19.3 Å². The number of hydrogen-bond acceptors (Lipinski definition) is 5. The lowest BCUT2D eigenvalue weighted by molar-refractivity contribution is 0.0934. The molecule has 1 saturated carbocycles. The van der Waals surface area contributed by atoms with Gasteiger partial charge >= 0.3 is 0 Å². The molecule has 19 heavy (non-hydrogen) atoms. The summed E-state index contributed by atoms with van der Waals surface area (Å²) < 4.78 is 0. The van der Waals surface area contributed by atoms with Crippen LogP contribution in [-0.2, 0) is 0 Å². The number of nitrogens with zero attached hydrogens (tertiary/aromatic N) is 2. The number of aromatic nitrogens is 2. The van der Waals surface area contributed by atoms with E-state index in [0.29, 0.717) is 29.7 Å². The lowest BCUT2D eigenvalue weighted by Gasteiger charge is -2.25. The largest absolute Gasteiger partial charge is 0.350 e. The minimum absolute atomic E-state index is 0.171. The predicted molar refractivity (Wildman–Crippen MR) is 73.6 cm³/mol. The average Bonchev–Trinajstić information content (AvgIpc) is 2.35. The van der Waals surface area contributed by atoms with E-state index in [1.54, 1.807) is 6.20 Å². The van der Waals surface area contributed by atoms with E-state index in [0.717, 1.165) is 0 Å². The highest BCUT2D eigenvalue weighted by atomic mass is 16.1. The van der Waals surface area contributed by atoms with E-state index in [1.807, 2.05) is 13.8 Å². The second kappa shape index (κ2) is 5.97. The Labute approximate surface area is 113 Å². The molecular formula is C13H21N5O. The van der Waals surface area contributed by atoms with Gasteiger partial charge in [0.15, 0.2) is 5.69 Å². The fraction of sp³-hybridized carbons (Fsp3) is 0.615. The van der Waals surface area contributed by atoms with Gasteiger partial charge in [-0.25, -0.2) is 9.97 Å². The quantitative estimate of drug-likeness (QED) is 0.552. The topological polar surface area (TPSA) is 92.9 Å². The summed E-state index contributed by atoms with van der Waals surface area (Å²) in [7, 11) is 0. The highest BCUT2D eigenvalue weighted by molar-refractivity contribution is 5.97. The van der Waals surface area contributed by atoms with Crippen molar-refractivity contribution in [3.63, 3.8) is 0 Å². The first-order valence-electron chi connectivity index (χ1n) is 6.73. The number of hydrazine groups is 1. The summed E-state index contributed by atoms with van der Waals surface area (Å²) in [5, 5.41) is 2.92. The van der Waals surface area contributed by atoms with Gasteiger partial charge in [0, 0.05) is 12.5 Å². The highest BCUT2D eigenvalue weighted by Gasteiger charge is 2.20. The molecule has 1 aromatic heterocycles. The van der Waals surface area contributed by atoms with E-state index < -0.39 is 0 Å². The van der Waals surface area contributed by atoms with E-state index in [9.17, 15) is 4.79 Å². The molecule has 1 heterocycles. The van der Waals surface area contributed by atoms with Crippen LogP contribution < -0.4 is 16.6 Å². The number of nitrogens with one attached hydrogen (secondary N) is 2. The van der Waals surface area contributed by atoms with Crippen molar-refractivity contribution in [1.82, 2.24) is 15.3 Å². The molecule has 6 nitrogen and oxygen atoms in total. The molecule has 0 unspecified atom stereocenters. The van der Waals surface area contributed by atoms with Crippen molar-refractivity contribution in [2.45, 2.75) is 39.0 Å². The molecule has 4 N–H and O–H groups in total. The number of carbonyl (C=O) groups is 1. The van der Waals surface area contributed by atoms with Crippen LogP contribution in [0.2, 0.25) is 0 Å². The Morgan fingerprint density at radius 3 is 2.79 bits per heavy atom. The molecule has 1 aliphatic rings. The molecule has 0 spiro atoms. The van der Waals surface area contributed by atoms with E-state index >= 15 is 0 Å². The van der Waals surface area contributed by atoms with Gasteiger partial charge in [0.25, 0.3) is 5.91 Å². The normalized spacial score (nSPS) is 15.2. The molecule has 1 fully saturated rings. The average molecular weight is 263 g/mol. The molecule has 1 aromatic rings. The molecule has 0 bridgehead atoms. The zero-order valence-corrected chi connectivity index (χ0v) is 11.4. The smallest absolute Gasteiger partial charge is 0.272 e. The van der Waals surface area contributed by atoms with Crippen LogP contribution in [0.4, 0.5) is 5.69 Å². The van der Waals surface area contributed by atoms with Crippen LogP contribution in [0.15, 0.2) is 6.20 Å². The molecule has 0 aromatic carbocycles. The van der Waals surface area contributed by atoms with Crippen LogP contribution in [0.25, 0.3) is 0 Å². The Balaban J connectivity index is 2.10. The van der Waals surface area contributed by atoms with Gasteiger partial charge in [-0.15, -0.1) is 0 Å². The van der Waals surface area contributed by atoms with Gasteiger partial charge in [-0.1, -0.05) is 20.3 Å². The number of nitrogen functional groups attached to an aromatic ring is 1. The summed E-state index contributed by atoms with van der Waals surface area (Å²) in [6.45, 7) is 4.69.